The fourth-order valence-electron chi connectivity index (χ4n) is 0.346. The van der Waals surface area contributed by atoms with Gasteiger partial charge in [-0.15, -0.1) is 0 Å². The van der Waals surface area contributed by atoms with Crippen LogP contribution in [0.4, 0.5) is 0 Å². The third-order valence-electron chi connectivity index (χ3n) is 0.737. The number of halogens is 2. The van der Waals surface area contributed by atoms with Gasteiger partial charge in [-0.2, -0.15) is 0 Å². The maximum absolute atomic E-state index is 10.5. The van der Waals surface area contributed by atoms with Crippen LogP contribution in [-0.4, -0.2) is 9.89 Å². The lowest BCUT2D eigenvalue weighted by atomic mass is 10.5. The number of rotatable bonds is 0. The number of ether oxygens (including phenoxy) is 1. The average molecular weight is 289 g/mol. The molecule has 1 aliphatic rings. The van der Waals surface area contributed by atoms with Gasteiger partial charge in [-0.25, -0.2) is 0 Å². The summed E-state index contributed by atoms with van der Waals surface area (Å²) in [4.78, 5) is 10.5. The molecule has 1 atom stereocenters. The molecule has 1 rings (SSSR count). The first kappa shape index (κ1) is 6.54. The zero-order valence-electron chi connectivity index (χ0n) is 3.73. The van der Waals surface area contributed by atoms with Crippen molar-refractivity contribution < 1.29 is 9.53 Å². The molecular weight excluding hydrogens is 287 g/mol. The number of carbonyl (C=O) groups excluding carboxylic acids is 1. The SMILES string of the molecule is O=C1OC=C(Br)C1I. The molecule has 0 aliphatic carbocycles. The second-order valence-electron chi connectivity index (χ2n) is 1.30. The van der Waals surface area contributed by atoms with Crippen molar-refractivity contribution in [3.05, 3.63) is 10.7 Å². The van der Waals surface area contributed by atoms with E-state index in [1.54, 1.807) is 0 Å². The Kier molecular flexibility index (Phi) is 1.92. The number of alkyl halides is 1. The Bertz CT molecular complexity index is 154. The van der Waals surface area contributed by atoms with Crippen LogP contribution >= 0.6 is 38.5 Å². The highest BCUT2D eigenvalue weighted by atomic mass is 127. The van der Waals surface area contributed by atoms with Gasteiger partial charge >= 0.3 is 5.97 Å². The van der Waals surface area contributed by atoms with Crippen molar-refractivity contribution in [2.75, 3.05) is 0 Å². The zero-order valence-corrected chi connectivity index (χ0v) is 7.47. The first-order chi connectivity index (χ1) is 3.72. The van der Waals surface area contributed by atoms with E-state index < -0.39 is 0 Å². The Morgan fingerprint density at radius 3 is 2.62 bits per heavy atom. The molecule has 1 heterocycles. The first-order valence-corrected chi connectivity index (χ1v) is 3.96. The van der Waals surface area contributed by atoms with Crippen LogP contribution in [0.25, 0.3) is 0 Å². The molecule has 0 N–H and O–H groups in total. The minimum absolute atomic E-state index is 0.132. The smallest absolute Gasteiger partial charge is 0.328 e. The molecule has 0 aromatic rings. The summed E-state index contributed by atoms with van der Waals surface area (Å²) in [6.45, 7) is 0. The molecule has 1 unspecified atom stereocenters. The van der Waals surface area contributed by atoms with Crippen molar-refractivity contribution in [2.45, 2.75) is 3.92 Å². The van der Waals surface area contributed by atoms with Gasteiger partial charge in [0.1, 0.15) is 10.2 Å². The van der Waals surface area contributed by atoms with E-state index >= 15 is 0 Å². The van der Waals surface area contributed by atoms with E-state index in [-0.39, 0.29) is 9.89 Å². The van der Waals surface area contributed by atoms with Gasteiger partial charge in [0.05, 0.1) is 4.48 Å². The van der Waals surface area contributed by atoms with Gasteiger partial charge in [-0.05, 0) is 0 Å². The summed E-state index contributed by atoms with van der Waals surface area (Å²) < 4.78 is 5.20. The largest absolute Gasteiger partial charge is 0.433 e. The molecular formula is C4H2BrIO2. The van der Waals surface area contributed by atoms with E-state index in [1.807, 2.05) is 22.6 Å². The predicted octanol–water partition coefficient (Wildman–Crippen LogP) is 1.58. The maximum Gasteiger partial charge on any atom is 0.328 e. The monoisotopic (exact) mass is 288 g/mol. The lowest BCUT2D eigenvalue weighted by molar-refractivity contribution is -0.134. The normalized spacial score (nSPS) is 27.5. The Morgan fingerprint density at radius 2 is 2.50 bits per heavy atom. The molecule has 0 aromatic carbocycles. The van der Waals surface area contributed by atoms with Gasteiger partial charge in [0.15, 0.2) is 0 Å². The molecule has 0 radical (unpaired) electrons. The van der Waals surface area contributed by atoms with Crippen LogP contribution in [0.2, 0.25) is 0 Å². The summed E-state index contributed by atoms with van der Waals surface area (Å²) in [5.41, 5.74) is 0. The van der Waals surface area contributed by atoms with Crippen LogP contribution in [0.3, 0.4) is 0 Å². The molecule has 2 nitrogen and oxygen atoms in total. The van der Waals surface area contributed by atoms with E-state index in [0.29, 0.717) is 0 Å². The second-order valence-corrected chi connectivity index (χ2v) is 3.46. The molecule has 8 heavy (non-hydrogen) atoms. The number of carbonyl (C=O) groups is 1. The van der Waals surface area contributed by atoms with Crippen LogP contribution < -0.4 is 0 Å². The van der Waals surface area contributed by atoms with Crippen molar-refractivity contribution in [3.8, 4) is 0 Å². The maximum atomic E-state index is 10.5. The van der Waals surface area contributed by atoms with E-state index in [4.69, 9.17) is 0 Å². The van der Waals surface area contributed by atoms with E-state index in [0.717, 1.165) is 4.48 Å². The molecule has 0 amide bonds. The molecule has 0 aromatic heterocycles. The van der Waals surface area contributed by atoms with Crippen LogP contribution in [0.1, 0.15) is 0 Å². The van der Waals surface area contributed by atoms with Crippen molar-refractivity contribution in [1.29, 1.82) is 0 Å². The summed E-state index contributed by atoms with van der Waals surface area (Å²) >= 11 is 5.15. The third kappa shape index (κ3) is 1.05. The zero-order chi connectivity index (χ0) is 6.15. The second kappa shape index (κ2) is 2.34. The Morgan fingerprint density at radius 1 is 1.88 bits per heavy atom. The molecule has 0 fully saturated rings. The van der Waals surface area contributed by atoms with Crippen LogP contribution in [0.5, 0.6) is 0 Å². The molecule has 0 spiro atoms. The molecule has 44 valence electrons. The van der Waals surface area contributed by atoms with Gasteiger partial charge in [0, 0.05) is 0 Å². The highest BCUT2D eigenvalue weighted by molar-refractivity contribution is 14.1. The fourth-order valence-corrected chi connectivity index (χ4v) is 0.920. The van der Waals surface area contributed by atoms with Crippen molar-refractivity contribution in [3.63, 3.8) is 0 Å². The highest BCUT2D eigenvalue weighted by Gasteiger charge is 2.24. The van der Waals surface area contributed by atoms with Gasteiger partial charge in [0.2, 0.25) is 0 Å². The van der Waals surface area contributed by atoms with Crippen LogP contribution in [0, 0.1) is 0 Å². The van der Waals surface area contributed by atoms with Crippen LogP contribution in [0.15, 0.2) is 10.7 Å². The Balaban J connectivity index is 2.72. The summed E-state index contributed by atoms with van der Waals surface area (Å²) in [6.07, 6.45) is 1.42. The van der Waals surface area contributed by atoms with Crippen LogP contribution in [-0.2, 0) is 9.53 Å². The summed E-state index contributed by atoms with van der Waals surface area (Å²) in [5.74, 6) is -0.197. The topological polar surface area (TPSA) is 26.3 Å². The molecule has 0 bridgehead atoms. The van der Waals surface area contributed by atoms with Crippen molar-refractivity contribution in [2.24, 2.45) is 0 Å². The average Bonchev–Trinajstić information content (AvgIpc) is 1.98. The summed E-state index contributed by atoms with van der Waals surface area (Å²) in [5, 5.41) is 0. The van der Waals surface area contributed by atoms with Gasteiger partial charge in [-0.3, -0.25) is 4.79 Å². The minimum Gasteiger partial charge on any atom is -0.433 e. The molecule has 0 saturated heterocycles. The van der Waals surface area contributed by atoms with Gasteiger partial charge in [0.25, 0.3) is 0 Å². The number of cyclic esters (lactones) is 1. The third-order valence-corrected chi connectivity index (χ3v) is 3.42. The van der Waals surface area contributed by atoms with E-state index in [2.05, 4.69) is 20.7 Å². The quantitative estimate of drug-likeness (QED) is 0.384. The van der Waals surface area contributed by atoms with Crippen molar-refractivity contribution in [1.82, 2.24) is 0 Å². The lowest BCUT2D eigenvalue weighted by Crippen LogP contribution is -2.06. The standard InChI is InChI=1S/C4H2BrIO2/c5-2-1-8-4(7)3(2)6/h1,3H. The van der Waals surface area contributed by atoms with E-state index in [1.165, 1.54) is 6.26 Å². The minimum atomic E-state index is -0.197. The Labute approximate surface area is 68.5 Å². The molecule has 0 saturated carbocycles. The number of hydrogen-bond donors (Lipinski definition) is 0. The first-order valence-electron chi connectivity index (χ1n) is 1.92. The predicted molar refractivity (Wildman–Crippen MR) is 40.9 cm³/mol. The van der Waals surface area contributed by atoms with E-state index in [9.17, 15) is 4.79 Å². The van der Waals surface area contributed by atoms with Crippen molar-refractivity contribution >= 4 is 44.5 Å². The van der Waals surface area contributed by atoms with Gasteiger partial charge < -0.3 is 4.74 Å². The molecule has 4 heteroatoms. The fraction of sp³-hybridized carbons (Fsp3) is 0.250. The Hall–Kier alpha value is 0.420. The summed E-state index contributed by atoms with van der Waals surface area (Å²) in [7, 11) is 0. The number of esters is 1. The lowest BCUT2D eigenvalue weighted by Gasteiger charge is -1.90. The van der Waals surface area contributed by atoms with Gasteiger partial charge in [-0.1, -0.05) is 38.5 Å². The highest BCUT2D eigenvalue weighted by Crippen LogP contribution is 2.25. The number of hydrogen-bond acceptors (Lipinski definition) is 2. The molecule has 1 aliphatic heterocycles. The summed E-state index contributed by atoms with van der Waals surface area (Å²) in [6, 6.07) is 0.